The molecular formula is C42H46FN9O6. The highest BCUT2D eigenvalue weighted by Gasteiger charge is 2.28. The van der Waals surface area contributed by atoms with Crippen LogP contribution in [0.1, 0.15) is 73.0 Å². The van der Waals surface area contributed by atoms with Gasteiger partial charge in [0, 0.05) is 113 Å². The molecule has 3 aliphatic heterocycles. The molecule has 3 N–H and O–H groups in total. The lowest BCUT2D eigenvalue weighted by atomic mass is 9.97. The molecule has 1 unspecified atom stereocenters. The number of nitrogens with zero attached hydrogens (tertiary/aromatic N) is 6. The Labute approximate surface area is 334 Å². The molecule has 7 rings (SSSR count). The number of carbonyl (C=O) groups is 5. The fourth-order valence-corrected chi connectivity index (χ4v) is 7.38. The van der Waals surface area contributed by atoms with Gasteiger partial charge in [-0.1, -0.05) is 23.1 Å². The third-order valence-electron chi connectivity index (χ3n) is 10.6. The van der Waals surface area contributed by atoms with Crippen molar-refractivity contribution in [2.75, 3.05) is 45.6 Å². The monoisotopic (exact) mass is 791 g/mol. The molecule has 5 heterocycles. The predicted molar refractivity (Wildman–Crippen MR) is 213 cm³/mol. The number of ether oxygens (including phenoxy) is 1. The Morgan fingerprint density at radius 1 is 1.02 bits per heavy atom. The minimum atomic E-state index is -0.621. The van der Waals surface area contributed by atoms with Crippen LogP contribution in [0.5, 0.6) is 5.75 Å². The van der Waals surface area contributed by atoms with E-state index in [1.165, 1.54) is 17.0 Å². The number of hydrogen-bond acceptors (Lipinski definition) is 9. The van der Waals surface area contributed by atoms with Gasteiger partial charge in [-0.15, -0.1) is 5.10 Å². The van der Waals surface area contributed by atoms with Crippen molar-refractivity contribution in [1.82, 2.24) is 40.0 Å². The summed E-state index contributed by atoms with van der Waals surface area (Å²) in [6, 6.07) is 9.58. The summed E-state index contributed by atoms with van der Waals surface area (Å²) in [5.41, 5.74) is 4.21. The van der Waals surface area contributed by atoms with E-state index in [4.69, 9.17) is 4.74 Å². The summed E-state index contributed by atoms with van der Waals surface area (Å²) in [7, 11) is 3.39. The minimum Gasteiger partial charge on any atom is -0.487 e. The fraction of sp³-hybridized carbons (Fsp3) is 0.405. The maximum absolute atomic E-state index is 15.0. The van der Waals surface area contributed by atoms with E-state index in [1.54, 1.807) is 48.2 Å². The van der Waals surface area contributed by atoms with Crippen molar-refractivity contribution in [1.29, 1.82) is 0 Å². The van der Waals surface area contributed by atoms with Gasteiger partial charge in [0.05, 0.1) is 12.7 Å². The highest BCUT2D eigenvalue weighted by atomic mass is 19.1. The molecular weight excluding hydrogens is 746 g/mol. The second kappa shape index (κ2) is 17.7. The molecule has 0 radical (unpaired) electrons. The van der Waals surface area contributed by atoms with Crippen molar-refractivity contribution < 1.29 is 33.1 Å². The van der Waals surface area contributed by atoms with Crippen molar-refractivity contribution in [2.45, 2.75) is 70.1 Å². The molecule has 0 aliphatic carbocycles. The Hall–Kier alpha value is -6.50. The number of anilines is 1. The van der Waals surface area contributed by atoms with Crippen molar-refractivity contribution >= 4 is 51.7 Å². The number of benzene rings is 2. The minimum absolute atomic E-state index is 0.0249. The van der Waals surface area contributed by atoms with Crippen LogP contribution in [-0.4, -0.2) is 117 Å². The number of aromatic amines is 1. The Morgan fingerprint density at radius 2 is 1.83 bits per heavy atom. The third kappa shape index (κ3) is 9.54. The van der Waals surface area contributed by atoms with Crippen LogP contribution in [0.4, 0.5) is 10.1 Å². The number of carbonyl (C=O) groups excluding carboxylic acids is 5. The molecule has 2 aromatic carbocycles. The maximum Gasteiger partial charge on any atom is 0.269 e. The van der Waals surface area contributed by atoms with Crippen molar-refractivity contribution in [3.63, 3.8) is 0 Å². The standard InChI is InChI=1S/C42H46FN9O6/c1-49(2)42(57)36-25-32-27(22-29(23-35(32)46-36)28-7-5-17-51(26-28)40(55)15-20-52-21-16-44-48-52)6-3-4-8-39(54)50-18-13-31(14-19-50)58-37-11-9-30(24-33(37)43)45-34-10-12-38(53)47-41(34)56/h7,9,11,16,21-25,31,34,45-46H,4-5,8,10,12-15,17-20,26H2,1-2H3,(H,47,53,56). The van der Waals surface area contributed by atoms with Gasteiger partial charge in [-0.05, 0) is 54.3 Å². The Balaban J connectivity index is 0.947. The zero-order valence-electron chi connectivity index (χ0n) is 32.6. The second-order valence-electron chi connectivity index (χ2n) is 14.9. The number of fused-ring (bicyclic) bond motifs is 1. The average Bonchev–Trinajstić information content (AvgIpc) is 3.91. The molecule has 16 heteroatoms. The van der Waals surface area contributed by atoms with Crippen LogP contribution in [-0.2, 0) is 25.7 Å². The van der Waals surface area contributed by atoms with Crippen LogP contribution in [0, 0.1) is 17.7 Å². The molecule has 0 saturated carbocycles. The number of rotatable bonds is 11. The maximum atomic E-state index is 15.0. The zero-order chi connectivity index (χ0) is 40.8. The van der Waals surface area contributed by atoms with Gasteiger partial charge in [-0.25, -0.2) is 4.39 Å². The van der Waals surface area contributed by atoms with Crippen LogP contribution in [0.15, 0.2) is 54.9 Å². The topological polar surface area (TPSA) is 175 Å². The molecule has 2 aromatic heterocycles. The van der Waals surface area contributed by atoms with Gasteiger partial charge in [-0.3, -0.25) is 34.0 Å². The van der Waals surface area contributed by atoms with Gasteiger partial charge in [0.1, 0.15) is 17.8 Å². The molecule has 5 amide bonds. The lowest BCUT2D eigenvalue weighted by Gasteiger charge is -2.32. The number of imide groups is 1. The lowest BCUT2D eigenvalue weighted by molar-refractivity contribution is -0.134. The SMILES string of the molecule is CN(C)C(=O)c1cc2c(C#CCCC(=O)N3CCC(Oc4ccc(NC5CCC(=O)NC5=O)cc4F)CC3)cc(C3=CCCN(C(=O)CCn4ccnn4)C3)cc2[nH]1. The fourth-order valence-electron chi connectivity index (χ4n) is 7.38. The smallest absolute Gasteiger partial charge is 0.269 e. The number of aromatic nitrogens is 4. The molecule has 58 heavy (non-hydrogen) atoms. The first-order chi connectivity index (χ1) is 28.0. The quantitative estimate of drug-likeness (QED) is 0.151. The molecule has 2 fully saturated rings. The summed E-state index contributed by atoms with van der Waals surface area (Å²) in [5, 5.41) is 13.8. The molecule has 4 aromatic rings. The normalized spacial score (nSPS) is 17.3. The van der Waals surface area contributed by atoms with Gasteiger partial charge in [-0.2, -0.15) is 0 Å². The van der Waals surface area contributed by atoms with E-state index >= 15 is 0 Å². The van der Waals surface area contributed by atoms with E-state index in [2.05, 4.69) is 43.8 Å². The summed E-state index contributed by atoms with van der Waals surface area (Å²) in [4.78, 5) is 71.1. The first-order valence-electron chi connectivity index (χ1n) is 19.5. The predicted octanol–water partition coefficient (Wildman–Crippen LogP) is 3.73. The summed E-state index contributed by atoms with van der Waals surface area (Å²) in [6.07, 6.45) is 8.39. The number of amides is 5. The molecule has 15 nitrogen and oxygen atoms in total. The molecule has 0 spiro atoms. The summed E-state index contributed by atoms with van der Waals surface area (Å²) < 4.78 is 22.6. The van der Waals surface area contributed by atoms with Crippen LogP contribution >= 0.6 is 0 Å². The van der Waals surface area contributed by atoms with Crippen molar-refractivity contribution in [3.05, 3.63) is 77.5 Å². The number of halogens is 1. The first kappa shape index (κ1) is 39.7. The Bertz CT molecular complexity index is 2300. The second-order valence-corrected chi connectivity index (χ2v) is 14.9. The van der Waals surface area contributed by atoms with Gasteiger partial charge in [0.25, 0.3) is 5.91 Å². The number of H-pyrrole nitrogens is 1. The summed E-state index contributed by atoms with van der Waals surface area (Å²) >= 11 is 0. The molecule has 302 valence electrons. The van der Waals surface area contributed by atoms with E-state index in [-0.39, 0.29) is 48.3 Å². The van der Waals surface area contributed by atoms with E-state index in [9.17, 15) is 28.4 Å². The van der Waals surface area contributed by atoms with Crippen LogP contribution in [0.3, 0.4) is 0 Å². The van der Waals surface area contributed by atoms with E-state index < -0.39 is 17.8 Å². The highest BCUT2D eigenvalue weighted by molar-refractivity contribution is 6.02. The van der Waals surface area contributed by atoms with Crippen LogP contribution in [0.25, 0.3) is 16.5 Å². The third-order valence-corrected chi connectivity index (χ3v) is 10.6. The van der Waals surface area contributed by atoms with Gasteiger partial charge in [0.2, 0.25) is 23.6 Å². The van der Waals surface area contributed by atoms with Gasteiger partial charge < -0.3 is 29.7 Å². The number of likely N-dealkylation sites (tertiary alicyclic amines) is 1. The van der Waals surface area contributed by atoms with Gasteiger partial charge >= 0.3 is 0 Å². The van der Waals surface area contributed by atoms with E-state index in [1.807, 2.05) is 17.0 Å². The van der Waals surface area contributed by atoms with Crippen LogP contribution in [0.2, 0.25) is 0 Å². The molecule has 2 saturated heterocycles. The number of nitrogens with one attached hydrogen (secondary N) is 3. The molecule has 1 atom stereocenters. The average molecular weight is 792 g/mol. The number of piperidine rings is 2. The van der Waals surface area contributed by atoms with Gasteiger partial charge in [0.15, 0.2) is 11.6 Å². The largest absolute Gasteiger partial charge is 0.487 e. The first-order valence-corrected chi connectivity index (χ1v) is 19.5. The highest BCUT2D eigenvalue weighted by Crippen LogP contribution is 2.30. The lowest BCUT2D eigenvalue weighted by Crippen LogP contribution is -2.47. The number of hydrogen-bond donors (Lipinski definition) is 3. The number of aryl methyl sites for hydroxylation is 1. The van der Waals surface area contributed by atoms with E-state index in [0.717, 1.165) is 27.6 Å². The summed E-state index contributed by atoms with van der Waals surface area (Å²) in [5.74, 6) is 5.06. The van der Waals surface area contributed by atoms with Crippen LogP contribution < -0.4 is 15.4 Å². The van der Waals surface area contributed by atoms with Crippen molar-refractivity contribution in [3.8, 4) is 17.6 Å². The Kier molecular flexibility index (Phi) is 12.2. The van der Waals surface area contributed by atoms with E-state index in [0.29, 0.717) is 82.6 Å². The Morgan fingerprint density at radius 3 is 2.57 bits per heavy atom. The molecule has 3 aliphatic rings. The van der Waals surface area contributed by atoms with Crippen molar-refractivity contribution in [2.24, 2.45) is 0 Å². The summed E-state index contributed by atoms with van der Waals surface area (Å²) in [6.45, 7) is 2.46. The molecule has 0 bridgehead atoms. The zero-order valence-corrected chi connectivity index (χ0v) is 32.6.